The molecule has 0 radical (unpaired) electrons. The maximum atomic E-state index is 12.0. The first kappa shape index (κ1) is 21.6. The van der Waals surface area contributed by atoms with E-state index in [2.05, 4.69) is 54.4 Å². The lowest BCUT2D eigenvalue weighted by Gasteiger charge is -2.14. The number of nitrogens with one attached hydrogen (secondary N) is 1. The molecule has 1 heterocycles. The van der Waals surface area contributed by atoms with Crippen LogP contribution in [0.2, 0.25) is 0 Å². The summed E-state index contributed by atoms with van der Waals surface area (Å²) in [4.78, 5) is 12.0. The van der Waals surface area contributed by atoms with Crippen LogP contribution in [-0.4, -0.2) is 22.8 Å². The number of nitrogens with zero attached hydrogens (tertiary/aromatic N) is 1. The lowest BCUT2D eigenvalue weighted by molar-refractivity contribution is -0.142. The number of aromatic amines is 1. The predicted molar refractivity (Wildman–Crippen MR) is 127 cm³/mol. The first-order valence-electron chi connectivity index (χ1n) is 11.0. The number of para-hydroxylation sites is 1. The highest BCUT2D eigenvalue weighted by Gasteiger charge is 2.14. The highest BCUT2D eigenvalue weighted by molar-refractivity contribution is 5.96. The average Bonchev–Trinajstić information content (AvgIpc) is 3.27. The molecule has 0 unspecified atom stereocenters. The molecule has 0 bridgehead atoms. The Morgan fingerprint density at radius 2 is 1.81 bits per heavy atom. The maximum Gasteiger partial charge on any atom is 0.310 e. The fourth-order valence-corrected chi connectivity index (χ4v) is 4.09. The van der Waals surface area contributed by atoms with Gasteiger partial charge in [-0.05, 0) is 66.3 Å². The van der Waals surface area contributed by atoms with Crippen molar-refractivity contribution in [2.24, 2.45) is 0 Å². The number of fused-ring (bicyclic) bond motifs is 1. The second kappa shape index (κ2) is 9.69. The number of aromatic nitrogens is 2. The van der Waals surface area contributed by atoms with Gasteiger partial charge in [-0.15, -0.1) is 0 Å². The molecule has 0 atom stereocenters. The molecular weight excluding hydrogens is 400 g/mol. The fourth-order valence-electron chi connectivity index (χ4n) is 4.09. The van der Waals surface area contributed by atoms with E-state index in [1.54, 1.807) is 6.92 Å². The Labute approximate surface area is 188 Å². The van der Waals surface area contributed by atoms with E-state index in [0.29, 0.717) is 19.0 Å². The summed E-state index contributed by atoms with van der Waals surface area (Å²) < 4.78 is 11.2. The predicted octanol–water partition coefficient (Wildman–Crippen LogP) is 5.79. The largest absolute Gasteiger partial charge is 0.489 e. The standard InChI is InChI=1S/C27H28N2O3/c1-4-20-10-8-11-22(18(20)3)23-13-19(14-25-24(23)16-28-29-25)17-32-26-12-7-6-9-21(26)15-27(30)31-5-2/h6-14,16H,4-5,15,17H2,1-3H3,(H,28,29). The smallest absolute Gasteiger partial charge is 0.310 e. The summed E-state index contributed by atoms with van der Waals surface area (Å²) in [6.07, 6.45) is 3.06. The van der Waals surface area contributed by atoms with Gasteiger partial charge in [0.05, 0.1) is 24.7 Å². The number of carbonyl (C=O) groups excluding carboxylic acids is 1. The number of carbonyl (C=O) groups is 1. The zero-order valence-electron chi connectivity index (χ0n) is 18.8. The first-order valence-corrected chi connectivity index (χ1v) is 11.0. The minimum absolute atomic E-state index is 0.192. The van der Waals surface area contributed by atoms with Crippen molar-refractivity contribution in [3.63, 3.8) is 0 Å². The van der Waals surface area contributed by atoms with Gasteiger partial charge < -0.3 is 9.47 Å². The minimum atomic E-state index is -0.254. The van der Waals surface area contributed by atoms with E-state index in [1.165, 1.54) is 16.7 Å². The summed E-state index contributed by atoms with van der Waals surface area (Å²) in [5, 5.41) is 8.46. The van der Waals surface area contributed by atoms with Gasteiger partial charge in [-0.3, -0.25) is 9.89 Å². The molecule has 4 aromatic rings. The third kappa shape index (κ3) is 4.52. The Hall–Kier alpha value is -3.60. The van der Waals surface area contributed by atoms with E-state index >= 15 is 0 Å². The van der Waals surface area contributed by atoms with Crippen LogP contribution in [0.5, 0.6) is 5.75 Å². The molecule has 0 aliphatic rings. The summed E-state index contributed by atoms with van der Waals surface area (Å²) in [5.74, 6) is 0.437. The molecule has 32 heavy (non-hydrogen) atoms. The van der Waals surface area contributed by atoms with Gasteiger partial charge in [0.1, 0.15) is 12.4 Å². The monoisotopic (exact) mass is 428 g/mol. The third-order valence-corrected chi connectivity index (χ3v) is 5.74. The van der Waals surface area contributed by atoms with Gasteiger partial charge in [0, 0.05) is 10.9 Å². The van der Waals surface area contributed by atoms with Gasteiger partial charge in [-0.1, -0.05) is 43.3 Å². The van der Waals surface area contributed by atoms with Crippen molar-refractivity contribution in [3.05, 3.63) is 83.0 Å². The van der Waals surface area contributed by atoms with Crippen molar-refractivity contribution in [2.45, 2.75) is 40.2 Å². The Morgan fingerprint density at radius 1 is 1.00 bits per heavy atom. The normalized spacial score (nSPS) is 11.0. The van der Waals surface area contributed by atoms with Crippen LogP contribution in [0.3, 0.4) is 0 Å². The summed E-state index contributed by atoms with van der Waals surface area (Å²) in [6.45, 7) is 6.91. The van der Waals surface area contributed by atoms with Gasteiger partial charge in [0.15, 0.2) is 0 Å². The summed E-state index contributed by atoms with van der Waals surface area (Å²) in [6, 6.07) is 18.3. The number of hydrogen-bond acceptors (Lipinski definition) is 4. The van der Waals surface area contributed by atoms with Crippen LogP contribution < -0.4 is 4.74 Å². The van der Waals surface area contributed by atoms with Crippen LogP contribution in [0.15, 0.2) is 60.8 Å². The number of ether oxygens (including phenoxy) is 2. The number of rotatable bonds is 8. The van der Waals surface area contributed by atoms with Crippen LogP contribution in [0.1, 0.15) is 36.1 Å². The van der Waals surface area contributed by atoms with Gasteiger partial charge in [-0.25, -0.2) is 0 Å². The maximum absolute atomic E-state index is 12.0. The molecule has 5 nitrogen and oxygen atoms in total. The lowest BCUT2D eigenvalue weighted by atomic mass is 9.92. The summed E-state index contributed by atoms with van der Waals surface area (Å²) >= 11 is 0. The first-order chi connectivity index (χ1) is 15.6. The number of H-pyrrole nitrogens is 1. The van der Waals surface area contributed by atoms with Crippen LogP contribution in [-0.2, 0) is 29.0 Å². The highest BCUT2D eigenvalue weighted by atomic mass is 16.5. The summed E-state index contributed by atoms with van der Waals surface area (Å²) in [5.41, 5.74) is 7.80. The molecule has 0 amide bonds. The molecule has 1 aromatic heterocycles. The van der Waals surface area contributed by atoms with Crippen molar-refractivity contribution in [2.75, 3.05) is 6.61 Å². The van der Waals surface area contributed by atoms with Gasteiger partial charge in [-0.2, -0.15) is 5.10 Å². The molecule has 164 valence electrons. The molecule has 0 saturated carbocycles. The van der Waals surface area contributed by atoms with Crippen molar-refractivity contribution in [1.82, 2.24) is 10.2 Å². The van der Waals surface area contributed by atoms with Crippen LogP contribution in [0, 0.1) is 6.92 Å². The Kier molecular flexibility index (Phi) is 6.55. The van der Waals surface area contributed by atoms with Gasteiger partial charge in [0.25, 0.3) is 0 Å². The van der Waals surface area contributed by atoms with Crippen molar-refractivity contribution >= 4 is 16.9 Å². The summed E-state index contributed by atoms with van der Waals surface area (Å²) in [7, 11) is 0. The quantitative estimate of drug-likeness (QED) is 0.361. The second-order valence-electron chi connectivity index (χ2n) is 7.80. The van der Waals surface area contributed by atoms with E-state index < -0.39 is 0 Å². The fraction of sp³-hybridized carbons (Fsp3) is 0.259. The van der Waals surface area contributed by atoms with Crippen molar-refractivity contribution in [1.29, 1.82) is 0 Å². The van der Waals surface area contributed by atoms with E-state index in [1.807, 2.05) is 30.5 Å². The molecule has 0 aliphatic heterocycles. The molecule has 1 N–H and O–H groups in total. The highest BCUT2D eigenvalue weighted by Crippen LogP contribution is 2.33. The van der Waals surface area contributed by atoms with Crippen molar-refractivity contribution in [3.8, 4) is 16.9 Å². The van der Waals surface area contributed by atoms with Crippen LogP contribution in [0.25, 0.3) is 22.0 Å². The topological polar surface area (TPSA) is 64.2 Å². The van der Waals surface area contributed by atoms with E-state index in [9.17, 15) is 4.79 Å². The average molecular weight is 429 g/mol. The van der Waals surface area contributed by atoms with E-state index in [4.69, 9.17) is 9.47 Å². The third-order valence-electron chi connectivity index (χ3n) is 5.74. The molecule has 5 heteroatoms. The number of hydrogen-bond donors (Lipinski definition) is 1. The van der Waals surface area contributed by atoms with Crippen molar-refractivity contribution < 1.29 is 14.3 Å². The van der Waals surface area contributed by atoms with Gasteiger partial charge in [0.2, 0.25) is 0 Å². The minimum Gasteiger partial charge on any atom is -0.489 e. The molecule has 4 rings (SSSR count). The van der Waals surface area contributed by atoms with Crippen LogP contribution in [0.4, 0.5) is 0 Å². The number of benzene rings is 3. The molecule has 0 aliphatic carbocycles. The number of aryl methyl sites for hydroxylation is 1. The Bertz CT molecular complexity index is 1240. The Morgan fingerprint density at radius 3 is 2.62 bits per heavy atom. The van der Waals surface area contributed by atoms with Gasteiger partial charge >= 0.3 is 5.97 Å². The number of esters is 1. The SMILES string of the molecule is CCOC(=O)Cc1ccccc1OCc1cc(-c2cccc(CC)c2C)c2cn[nH]c2c1. The Balaban J connectivity index is 1.65. The zero-order valence-corrected chi connectivity index (χ0v) is 18.8. The lowest BCUT2D eigenvalue weighted by Crippen LogP contribution is -2.09. The molecular formula is C27H28N2O3. The molecule has 3 aromatic carbocycles. The van der Waals surface area contributed by atoms with E-state index in [0.717, 1.165) is 34.0 Å². The zero-order chi connectivity index (χ0) is 22.5. The second-order valence-corrected chi connectivity index (χ2v) is 7.80. The molecule has 0 spiro atoms. The molecule has 0 saturated heterocycles. The van der Waals surface area contributed by atoms with E-state index in [-0.39, 0.29) is 12.4 Å². The van der Waals surface area contributed by atoms with Crippen LogP contribution >= 0.6 is 0 Å². The molecule has 0 fully saturated rings.